The second kappa shape index (κ2) is 8.71. The third-order valence-corrected chi connectivity index (χ3v) is 5.50. The number of hydrogen-bond donors (Lipinski definition) is 2. The van der Waals surface area contributed by atoms with E-state index in [4.69, 9.17) is 4.74 Å². The van der Waals surface area contributed by atoms with Gasteiger partial charge in [-0.25, -0.2) is 19.7 Å². The van der Waals surface area contributed by atoms with Crippen molar-refractivity contribution >= 4 is 39.1 Å². The average molecular weight is 478 g/mol. The summed E-state index contributed by atoms with van der Waals surface area (Å²) in [5, 5.41) is 13.1. The molecular weight excluding hydrogens is 461 g/mol. The van der Waals surface area contributed by atoms with Crippen LogP contribution >= 0.6 is 11.3 Å². The van der Waals surface area contributed by atoms with E-state index in [2.05, 4.69) is 35.8 Å². The molecule has 0 saturated heterocycles. The van der Waals surface area contributed by atoms with Crippen molar-refractivity contribution in [3.8, 4) is 5.82 Å². The molecule has 0 spiro atoms. The SMILES string of the molecule is COC(C)c1c(NC(=O)Nc2cnc(-n3nccn3)c(C(F)(F)F)c2)cnc2sc(C)nc12. The summed E-state index contributed by atoms with van der Waals surface area (Å²) < 4.78 is 46.1. The molecule has 0 aliphatic rings. The number of rotatable bonds is 5. The average Bonchev–Trinajstić information content (AvgIpc) is 3.41. The Bertz CT molecular complexity index is 1310. The zero-order chi connectivity index (χ0) is 23.8. The van der Waals surface area contributed by atoms with Gasteiger partial charge in [0.15, 0.2) is 5.82 Å². The summed E-state index contributed by atoms with van der Waals surface area (Å²) in [5.41, 5.74) is 0.237. The van der Waals surface area contributed by atoms with E-state index < -0.39 is 29.7 Å². The number of ether oxygens (including phenoxy) is 1. The molecule has 33 heavy (non-hydrogen) atoms. The fourth-order valence-electron chi connectivity index (χ4n) is 3.13. The molecule has 0 saturated carbocycles. The smallest absolute Gasteiger partial charge is 0.377 e. The predicted molar refractivity (Wildman–Crippen MR) is 114 cm³/mol. The maximum Gasteiger partial charge on any atom is 0.420 e. The van der Waals surface area contributed by atoms with Gasteiger partial charge in [0, 0.05) is 12.7 Å². The minimum atomic E-state index is -4.75. The van der Waals surface area contributed by atoms with Crippen LogP contribution < -0.4 is 10.6 Å². The topological polar surface area (TPSA) is 120 Å². The first-order valence-corrected chi connectivity index (χ1v) is 10.3. The molecule has 4 aromatic heterocycles. The number of aromatic nitrogens is 6. The largest absolute Gasteiger partial charge is 0.420 e. The van der Waals surface area contributed by atoms with Crippen molar-refractivity contribution in [3.05, 3.63) is 47.0 Å². The highest BCUT2D eigenvalue weighted by Crippen LogP contribution is 2.35. The zero-order valence-corrected chi connectivity index (χ0v) is 18.3. The minimum absolute atomic E-state index is 0.171. The molecule has 2 N–H and O–H groups in total. The summed E-state index contributed by atoms with van der Waals surface area (Å²) in [6.07, 6.45) is -0.175. The van der Waals surface area contributed by atoms with Gasteiger partial charge in [-0.3, -0.25) is 0 Å². The number of thiazole rings is 1. The van der Waals surface area contributed by atoms with Gasteiger partial charge in [-0.05, 0) is 19.9 Å². The maximum absolute atomic E-state index is 13.6. The Hall–Kier alpha value is -3.65. The van der Waals surface area contributed by atoms with E-state index in [1.165, 1.54) is 37.0 Å². The van der Waals surface area contributed by atoms with Crippen molar-refractivity contribution in [2.24, 2.45) is 0 Å². The number of hydrogen-bond acceptors (Lipinski definition) is 8. The Balaban J connectivity index is 1.63. The molecule has 0 aliphatic heterocycles. The lowest BCUT2D eigenvalue weighted by Crippen LogP contribution is -2.22. The lowest BCUT2D eigenvalue weighted by molar-refractivity contribution is -0.137. The molecule has 4 aromatic rings. The summed E-state index contributed by atoms with van der Waals surface area (Å²) in [5.74, 6) is -0.511. The van der Waals surface area contributed by atoms with Crippen LogP contribution in [-0.4, -0.2) is 43.1 Å². The van der Waals surface area contributed by atoms with Gasteiger partial charge in [0.05, 0.1) is 47.3 Å². The molecule has 1 unspecified atom stereocenters. The quantitative estimate of drug-likeness (QED) is 0.438. The molecule has 4 heterocycles. The number of anilines is 2. The highest BCUT2D eigenvalue weighted by atomic mass is 32.1. The first-order valence-electron chi connectivity index (χ1n) is 9.48. The standard InChI is InChI=1S/C19H17F3N8O2S/c1-9(32-3)14-13(8-24-17-15(14)27-10(2)33-17)29-18(31)28-11-6-12(19(20,21)22)16(23-7-11)30-25-4-5-26-30/h4-9H,1-3H3,(H2,28,29,31). The maximum atomic E-state index is 13.6. The molecule has 0 fully saturated rings. The summed E-state index contributed by atoms with van der Waals surface area (Å²) >= 11 is 1.40. The fraction of sp³-hybridized carbons (Fsp3) is 0.263. The van der Waals surface area contributed by atoms with Crippen molar-refractivity contribution in [3.63, 3.8) is 0 Å². The number of amides is 2. The summed E-state index contributed by atoms with van der Waals surface area (Å²) in [6.45, 7) is 3.62. The second-order valence-electron chi connectivity index (χ2n) is 6.84. The molecule has 10 nitrogen and oxygen atoms in total. The number of alkyl halides is 3. The number of methoxy groups -OCH3 is 1. The number of carbonyl (C=O) groups excluding carboxylic acids is 1. The number of urea groups is 1. The van der Waals surface area contributed by atoms with Crippen LogP contribution in [0.5, 0.6) is 0 Å². The molecule has 0 radical (unpaired) electrons. The number of halogens is 3. The van der Waals surface area contributed by atoms with E-state index >= 15 is 0 Å². The van der Waals surface area contributed by atoms with Crippen LogP contribution in [0.1, 0.15) is 29.2 Å². The molecule has 172 valence electrons. The van der Waals surface area contributed by atoms with Gasteiger partial charge >= 0.3 is 12.2 Å². The highest BCUT2D eigenvalue weighted by Gasteiger charge is 2.36. The molecule has 4 rings (SSSR count). The minimum Gasteiger partial charge on any atom is -0.377 e. The van der Waals surface area contributed by atoms with E-state index in [9.17, 15) is 18.0 Å². The van der Waals surface area contributed by atoms with Gasteiger partial charge in [0.2, 0.25) is 0 Å². The van der Waals surface area contributed by atoms with E-state index in [0.29, 0.717) is 21.6 Å². The molecule has 2 amide bonds. The number of nitrogens with one attached hydrogen (secondary N) is 2. The molecule has 1 atom stereocenters. The number of aryl methyl sites for hydroxylation is 1. The third kappa shape index (κ3) is 4.61. The van der Waals surface area contributed by atoms with Crippen LogP contribution in [0.2, 0.25) is 0 Å². The van der Waals surface area contributed by atoms with Gasteiger partial charge < -0.3 is 15.4 Å². The Kier molecular flexibility index (Phi) is 5.95. The molecule has 0 aliphatic carbocycles. The Morgan fingerprint density at radius 2 is 1.91 bits per heavy atom. The van der Waals surface area contributed by atoms with E-state index in [0.717, 1.165) is 22.1 Å². The lowest BCUT2D eigenvalue weighted by Gasteiger charge is -2.17. The number of pyridine rings is 2. The van der Waals surface area contributed by atoms with Crippen molar-refractivity contribution in [2.45, 2.75) is 26.1 Å². The lowest BCUT2D eigenvalue weighted by atomic mass is 10.1. The molecule has 0 bridgehead atoms. The number of nitrogens with zero attached hydrogens (tertiary/aromatic N) is 6. The summed E-state index contributed by atoms with van der Waals surface area (Å²) in [7, 11) is 1.51. The van der Waals surface area contributed by atoms with Crippen molar-refractivity contribution in [1.29, 1.82) is 0 Å². The zero-order valence-electron chi connectivity index (χ0n) is 17.5. The van der Waals surface area contributed by atoms with Crippen LogP contribution in [0.3, 0.4) is 0 Å². The Morgan fingerprint density at radius 1 is 1.18 bits per heavy atom. The van der Waals surface area contributed by atoms with Crippen LogP contribution in [0.4, 0.5) is 29.3 Å². The van der Waals surface area contributed by atoms with E-state index in [1.807, 2.05) is 6.92 Å². The van der Waals surface area contributed by atoms with Crippen LogP contribution in [-0.2, 0) is 10.9 Å². The van der Waals surface area contributed by atoms with Gasteiger partial charge in [0.1, 0.15) is 15.9 Å². The number of fused-ring (bicyclic) bond motifs is 1. The third-order valence-electron chi connectivity index (χ3n) is 4.62. The molecule has 14 heteroatoms. The van der Waals surface area contributed by atoms with Crippen LogP contribution in [0.25, 0.3) is 16.2 Å². The number of carbonyl (C=O) groups is 1. The first kappa shape index (κ1) is 22.5. The summed E-state index contributed by atoms with van der Waals surface area (Å²) in [4.78, 5) is 26.6. The monoisotopic (exact) mass is 478 g/mol. The van der Waals surface area contributed by atoms with Gasteiger partial charge in [-0.2, -0.15) is 23.4 Å². The normalized spacial score (nSPS) is 12.7. The van der Waals surface area contributed by atoms with Gasteiger partial charge in [0.25, 0.3) is 0 Å². The Labute approximate surface area is 188 Å². The highest BCUT2D eigenvalue weighted by molar-refractivity contribution is 7.18. The van der Waals surface area contributed by atoms with Crippen molar-refractivity contribution < 1.29 is 22.7 Å². The van der Waals surface area contributed by atoms with Gasteiger partial charge in [-0.1, -0.05) is 11.3 Å². The first-order chi connectivity index (χ1) is 15.7. The summed E-state index contributed by atoms with van der Waals surface area (Å²) in [6, 6.07) is -0.0256. The molecular formula is C19H17F3N8O2S. The van der Waals surface area contributed by atoms with Crippen molar-refractivity contribution in [2.75, 3.05) is 17.7 Å². The van der Waals surface area contributed by atoms with E-state index in [-0.39, 0.29) is 5.69 Å². The van der Waals surface area contributed by atoms with Crippen LogP contribution in [0, 0.1) is 6.92 Å². The van der Waals surface area contributed by atoms with E-state index in [1.54, 1.807) is 6.92 Å². The fourth-order valence-corrected chi connectivity index (χ4v) is 3.91. The Morgan fingerprint density at radius 3 is 2.58 bits per heavy atom. The predicted octanol–water partition coefficient (Wildman–Crippen LogP) is 4.35. The van der Waals surface area contributed by atoms with Gasteiger partial charge in [-0.15, -0.1) is 4.80 Å². The van der Waals surface area contributed by atoms with Crippen molar-refractivity contribution in [1.82, 2.24) is 29.9 Å². The second-order valence-corrected chi connectivity index (χ2v) is 8.02. The van der Waals surface area contributed by atoms with Crippen LogP contribution in [0.15, 0.2) is 30.9 Å². The molecule has 0 aromatic carbocycles.